The predicted octanol–water partition coefficient (Wildman–Crippen LogP) is 3.18. The first-order valence-corrected chi connectivity index (χ1v) is 8.43. The first kappa shape index (κ1) is 15.3. The fraction of sp³-hybridized carbons (Fsp3) is 0.611. The molecule has 0 unspecified atom stereocenters. The molecule has 22 heavy (non-hydrogen) atoms. The van der Waals surface area contributed by atoms with Crippen molar-refractivity contribution in [3.63, 3.8) is 0 Å². The summed E-state index contributed by atoms with van der Waals surface area (Å²) in [5, 5.41) is 6.01. The van der Waals surface area contributed by atoms with Crippen molar-refractivity contribution in [3.05, 3.63) is 35.4 Å². The molecule has 2 N–H and O–H groups in total. The predicted molar refractivity (Wildman–Crippen MR) is 86.8 cm³/mol. The van der Waals surface area contributed by atoms with E-state index in [1.165, 1.54) is 18.4 Å². The zero-order valence-electron chi connectivity index (χ0n) is 13.3. The third kappa shape index (κ3) is 4.23. The molecule has 2 amide bonds. The van der Waals surface area contributed by atoms with Crippen molar-refractivity contribution in [2.45, 2.75) is 51.1 Å². The lowest BCUT2D eigenvalue weighted by atomic mass is 9.93. The minimum atomic E-state index is -0.0785. The SMILES string of the molecule is C[C@@H](NC(=O)NCc1ccc(C2CC2)cc1)C1CCOCC1. The first-order chi connectivity index (χ1) is 10.7. The molecule has 120 valence electrons. The van der Waals surface area contributed by atoms with E-state index in [0.717, 1.165) is 37.5 Å². The van der Waals surface area contributed by atoms with Gasteiger partial charge in [0.05, 0.1) is 0 Å². The average molecular weight is 302 g/mol. The van der Waals surface area contributed by atoms with Crippen LogP contribution in [0.2, 0.25) is 0 Å². The highest BCUT2D eigenvalue weighted by atomic mass is 16.5. The Morgan fingerprint density at radius 2 is 1.86 bits per heavy atom. The van der Waals surface area contributed by atoms with Crippen LogP contribution >= 0.6 is 0 Å². The van der Waals surface area contributed by atoms with Crippen LogP contribution in [-0.4, -0.2) is 25.3 Å². The van der Waals surface area contributed by atoms with Crippen LogP contribution in [0.4, 0.5) is 4.79 Å². The number of nitrogens with one attached hydrogen (secondary N) is 2. The summed E-state index contributed by atoms with van der Waals surface area (Å²) in [4.78, 5) is 12.0. The van der Waals surface area contributed by atoms with Gasteiger partial charge in [0.1, 0.15) is 0 Å². The Morgan fingerprint density at radius 1 is 1.18 bits per heavy atom. The van der Waals surface area contributed by atoms with Gasteiger partial charge in [-0.25, -0.2) is 4.79 Å². The van der Waals surface area contributed by atoms with E-state index in [9.17, 15) is 4.79 Å². The van der Waals surface area contributed by atoms with E-state index in [2.05, 4.69) is 41.8 Å². The number of benzene rings is 1. The molecule has 1 atom stereocenters. The lowest BCUT2D eigenvalue weighted by Crippen LogP contribution is -2.45. The Kier molecular flexibility index (Phi) is 4.98. The zero-order valence-corrected chi connectivity index (χ0v) is 13.3. The van der Waals surface area contributed by atoms with Crippen molar-refractivity contribution < 1.29 is 9.53 Å². The molecule has 1 aromatic rings. The fourth-order valence-electron chi connectivity index (χ4n) is 3.10. The van der Waals surface area contributed by atoms with Gasteiger partial charge in [-0.3, -0.25) is 0 Å². The Morgan fingerprint density at radius 3 is 2.50 bits per heavy atom. The molecule has 1 aliphatic heterocycles. The molecule has 0 spiro atoms. The topological polar surface area (TPSA) is 50.4 Å². The summed E-state index contributed by atoms with van der Waals surface area (Å²) < 4.78 is 5.36. The largest absolute Gasteiger partial charge is 0.381 e. The van der Waals surface area contributed by atoms with E-state index in [0.29, 0.717) is 12.5 Å². The van der Waals surface area contributed by atoms with Crippen molar-refractivity contribution in [2.75, 3.05) is 13.2 Å². The highest BCUT2D eigenvalue weighted by molar-refractivity contribution is 5.74. The first-order valence-electron chi connectivity index (χ1n) is 8.43. The standard InChI is InChI=1S/C18H26N2O2/c1-13(15-8-10-22-11-9-15)20-18(21)19-12-14-2-4-16(5-3-14)17-6-7-17/h2-5,13,15,17H,6-12H2,1H3,(H2,19,20,21)/t13-/m1/s1. The van der Waals surface area contributed by atoms with Crippen LogP contribution < -0.4 is 10.6 Å². The van der Waals surface area contributed by atoms with Crippen molar-refractivity contribution in [1.29, 1.82) is 0 Å². The average Bonchev–Trinajstić information content (AvgIpc) is 3.39. The van der Waals surface area contributed by atoms with Gasteiger partial charge in [0.2, 0.25) is 0 Å². The number of carbonyl (C=O) groups is 1. The molecule has 2 fully saturated rings. The van der Waals surface area contributed by atoms with Crippen molar-refractivity contribution in [1.82, 2.24) is 10.6 Å². The smallest absolute Gasteiger partial charge is 0.315 e. The number of amides is 2. The van der Waals surface area contributed by atoms with Gasteiger partial charge in [-0.2, -0.15) is 0 Å². The number of hydrogen-bond donors (Lipinski definition) is 2. The highest BCUT2D eigenvalue weighted by Crippen LogP contribution is 2.39. The van der Waals surface area contributed by atoms with Gasteiger partial charge in [-0.1, -0.05) is 24.3 Å². The maximum Gasteiger partial charge on any atom is 0.315 e. The van der Waals surface area contributed by atoms with Crippen LogP contribution in [-0.2, 0) is 11.3 Å². The summed E-state index contributed by atoms with van der Waals surface area (Å²) in [6.07, 6.45) is 4.71. The molecule has 2 aliphatic rings. The van der Waals surface area contributed by atoms with Crippen LogP contribution in [0.1, 0.15) is 49.7 Å². The fourth-order valence-corrected chi connectivity index (χ4v) is 3.10. The Hall–Kier alpha value is -1.55. The van der Waals surface area contributed by atoms with Crippen molar-refractivity contribution in [2.24, 2.45) is 5.92 Å². The second-order valence-corrected chi connectivity index (χ2v) is 6.58. The van der Waals surface area contributed by atoms with Crippen LogP contribution in [0.3, 0.4) is 0 Å². The van der Waals surface area contributed by atoms with Gasteiger partial charge >= 0.3 is 6.03 Å². The second kappa shape index (κ2) is 7.14. The van der Waals surface area contributed by atoms with E-state index < -0.39 is 0 Å². The molecule has 0 aromatic heterocycles. The second-order valence-electron chi connectivity index (χ2n) is 6.58. The third-order valence-electron chi connectivity index (χ3n) is 4.81. The molecule has 0 bridgehead atoms. The molecular weight excluding hydrogens is 276 g/mol. The third-order valence-corrected chi connectivity index (χ3v) is 4.81. The summed E-state index contributed by atoms with van der Waals surface area (Å²) in [6, 6.07) is 8.74. The molecule has 3 rings (SSSR count). The van der Waals surface area contributed by atoms with Gasteiger partial charge in [-0.15, -0.1) is 0 Å². The van der Waals surface area contributed by atoms with E-state index >= 15 is 0 Å². The summed E-state index contributed by atoms with van der Waals surface area (Å²) in [6.45, 7) is 4.29. The quantitative estimate of drug-likeness (QED) is 0.877. The van der Waals surface area contributed by atoms with E-state index in [1.807, 2.05) is 0 Å². The molecule has 4 nitrogen and oxygen atoms in total. The number of ether oxygens (including phenoxy) is 1. The van der Waals surface area contributed by atoms with Crippen LogP contribution in [0.15, 0.2) is 24.3 Å². The number of carbonyl (C=O) groups excluding carboxylic acids is 1. The zero-order chi connectivity index (χ0) is 15.4. The maximum atomic E-state index is 12.0. The lowest BCUT2D eigenvalue weighted by molar-refractivity contribution is 0.0571. The van der Waals surface area contributed by atoms with E-state index in [-0.39, 0.29) is 12.1 Å². The normalized spacial score (nSPS) is 20.4. The molecule has 1 heterocycles. The number of rotatable bonds is 5. The van der Waals surface area contributed by atoms with Gasteiger partial charge in [-0.05, 0) is 55.6 Å². The Bertz CT molecular complexity index is 490. The molecule has 1 aromatic carbocycles. The monoisotopic (exact) mass is 302 g/mol. The molecular formula is C18H26N2O2. The van der Waals surface area contributed by atoms with Gasteiger partial charge in [0.15, 0.2) is 0 Å². The van der Waals surface area contributed by atoms with Crippen LogP contribution in [0.5, 0.6) is 0 Å². The van der Waals surface area contributed by atoms with Crippen molar-refractivity contribution in [3.8, 4) is 0 Å². The van der Waals surface area contributed by atoms with E-state index in [1.54, 1.807) is 0 Å². The number of hydrogen-bond acceptors (Lipinski definition) is 2. The summed E-state index contributed by atoms with van der Waals surface area (Å²) in [5.74, 6) is 1.31. The van der Waals surface area contributed by atoms with E-state index in [4.69, 9.17) is 4.74 Å². The van der Waals surface area contributed by atoms with Gasteiger partial charge < -0.3 is 15.4 Å². The lowest BCUT2D eigenvalue weighted by Gasteiger charge is -2.28. The minimum Gasteiger partial charge on any atom is -0.381 e. The molecule has 1 saturated heterocycles. The highest BCUT2D eigenvalue weighted by Gasteiger charge is 2.23. The van der Waals surface area contributed by atoms with Gasteiger partial charge in [0.25, 0.3) is 0 Å². The summed E-state index contributed by atoms with van der Waals surface area (Å²) in [5.41, 5.74) is 2.58. The molecule has 0 radical (unpaired) electrons. The molecule has 1 aliphatic carbocycles. The Labute approximate surface area is 132 Å². The summed E-state index contributed by atoms with van der Waals surface area (Å²) >= 11 is 0. The van der Waals surface area contributed by atoms with Gasteiger partial charge in [0, 0.05) is 25.8 Å². The maximum absolute atomic E-state index is 12.0. The number of urea groups is 1. The summed E-state index contributed by atoms with van der Waals surface area (Å²) in [7, 11) is 0. The van der Waals surface area contributed by atoms with Crippen LogP contribution in [0.25, 0.3) is 0 Å². The Balaban J connectivity index is 1.41. The minimum absolute atomic E-state index is 0.0785. The molecule has 1 saturated carbocycles. The van der Waals surface area contributed by atoms with Crippen molar-refractivity contribution >= 4 is 6.03 Å². The van der Waals surface area contributed by atoms with Crippen LogP contribution in [0, 0.1) is 5.92 Å². The molecule has 4 heteroatoms.